The molecule has 1 aromatic heterocycles. The molecule has 0 unspecified atom stereocenters. The molecular formula is C17H14Cl2NP. The van der Waals surface area contributed by atoms with Crippen molar-refractivity contribution < 1.29 is 0 Å². The fourth-order valence-corrected chi connectivity index (χ4v) is 7.17. The average Bonchev–Trinajstić information content (AvgIpc) is 2.57. The molecule has 0 aliphatic carbocycles. The third-order valence-corrected chi connectivity index (χ3v) is 10.3. The van der Waals surface area contributed by atoms with E-state index in [1.807, 2.05) is 78.9 Å². The first-order valence-corrected chi connectivity index (χ1v) is 10.6. The minimum atomic E-state index is -3.54. The van der Waals surface area contributed by atoms with Gasteiger partial charge in [0, 0.05) is 0 Å². The van der Waals surface area contributed by atoms with Gasteiger partial charge in [0.05, 0.1) is 0 Å². The van der Waals surface area contributed by atoms with Crippen LogP contribution in [0, 0.1) is 0 Å². The summed E-state index contributed by atoms with van der Waals surface area (Å²) in [5.41, 5.74) is 0.712. The summed E-state index contributed by atoms with van der Waals surface area (Å²) in [5.74, 6) is 0. The molecular weight excluding hydrogens is 320 g/mol. The van der Waals surface area contributed by atoms with E-state index in [1.165, 1.54) is 0 Å². The van der Waals surface area contributed by atoms with Gasteiger partial charge < -0.3 is 0 Å². The van der Waals surface area contributed by atoms with E-state index in [1.54, 1.807) is 6.20 Å². The van der Waals surface area contributed by atoms with Crippen LogP contribution in [0.2, 0.25) is 0 Å². The molecule has 0 saturated carbocycles. The number of rotatable bonds is 3. The maximum absolute atomic E-state index is 7.20. The Kier molecular flexibility index (Phi) is 3.75. The van der Waals surface area contributed by atoms with Crippen LogP contribution in [-0.4, -0.2) is 4.98 Å². The van der Waals surface area contributed by atoms with Crippen LogP contribution in [-0.2, 0) is 0 Å². The zero-order valence-electron chi connectivity index (χ0n) is 11.2. The molecule has 0 radical (unpaired) electrons. The van der Waals surface area contributed by atoms with E-state index in [9.17, 15) is 0 Å². The number of halogens is 2. The van der Waals surface area contributed by atoms with Crippen LogP contribution >= 0.6 is 27.8 Å². The van der Waals surface area contributed by atoms with E-state index in [-0.39, 0.29) is 0 Å². The van der Waals surface area contributed by atoms with Gasteiger partial charge in [-0.3, -0.25) is 0 Å². The Morgan fingerprint density at radius 2 is 1.10 bits per heavy atom. The van der Waals surface area contributed by atoms with Gasteiger partial charge in [0.2, 0.25) is 0 Å². The first-order valence-electron chi connectivity index (χ1n) is 6.60. The predicted molar refractivity (Wildman–Crippen MR) is 94.6 cm³/mol. The summed E-state index contributed by atoms with van der Waals surface area (Å²) in [6.07, 6.45) is 1.73. The molecule has 0 aliphatic heterocycles. The van der Waals surface area contributed by atoms with E-state index in [4.69, 9.17) is 22.5 Å². The molecule has 0 aliphatic rings. The molecule has 3 rings (SSSR count). The Bertz CT molecular complexity index is 627. The molecule has 0 saturated heterocycles. The van der Waals surface area contributed by atoms with Crippen LogP contribution in [0.25, 0.3) is 0 Å². The van der Waals surface area contributed by atoms with Crippen molar-refractivity contribution in [3.63, 3.8) is 0 Å². The third-order valence-electron chi connectivity index (χ3n) is 3.47. The number of hydrogen-bond acceptors (Lipinski definition) is 1. The van der Waals surface area contributed by atoms with Crippen molar-refractivity contribution >= 4 is 43.8 Å². The van der Waals surface area contributed by atoms with Crippen molar-refractivity contribution in [3.05, 3.63) is 85.1 Å². The zero-order chi connectivity index (χ0) is 14.8. The molecule has 0 N–H and O–H groups in total. The summed E-state index contributed by atoms with van der Waals surface area (Å²) in [4.78, 5) is 4.47. The molecule has 0 atom stereocenters. The molecule has 1 heterocycles. The average molecular weight is 334 g/mol. The number of pyridine rings is 1. The molecule has 21 heavy (non-hydrogen) atoms. The number of nitrogens with zero attached hydrogens (tertiary/aromatic N) is 1. The second kappa shape index (κ2) is 5.42. The molecule has 0 amide bonds. The van der Waals surface area contributed by atoms with Crippen molar-refractivity contribution in [2.75, 3.05) is 0 Å². The van der Waals surface area contributed by atoms with E-state index in [0.29, 0.717) is 5.44 Å². The molecule has 0 bridgehead atoms. The van der Waals surface area contributed by atoms with Gasteiger partial charge in [-0.05, 0) is 0 Å². The Balaban J connectivity index is 2.36. The first kappa shape index (κ1) is 14.5. The predicted octanol–water partition coefficient (Wildman–Crippen LogP) is 4.22. The first-order chi connectivity index (χ1) is 10.1. The minimum absolute atomic E-state index is 0.712. The van der Waals surface area contributed by atoms with Crippen molar-refractivity contribution in [1.82, 2.24) is 4.98 Å². The van der Waals surface area contributed by atoms with Gasteiger partial charge in [0.15, 0.2) is 0 Å². The number of benzene rings is 2. The summed E-state index contributed by atoms with van der Waals surface area (Å²) in [7, 11) is 0. The fourth-order valence-electron chi connectivity index (χ4n) is 2.38. The van der Waals surface area contributed by atoms with Gasteiger partial charge in [-0.2, -0.15) is 0 Å². The monoisotopic (exact) mass is 333 g/mol. The van der Waals surface area contributed by atoms with Crippen LogP contribution in [0.4, 0.5) is 0 Å². The van der Waals surface area contributed by atoms with Crippen LogP contribution in [0.1, 0.15) is 0 Å². The molecule has 106 valence electrons. The standard InChI is InChI=1S/C17H14Cl2NP/c18-21(19,15-9-3-1-4-10-15,16-11-5-2-6-12-16)17-13-7-8-14-20-17/h1-14H. The molecule has 3 aromatic rings. The normalized spacial score (nSPS) is 13.3. The molecule has 0 spiro atoms. The van der Waals surface area contributed by atoms with Crippen molar-refractivity contribution in [1.29, 1.82) is 0 Å². The zero-order valence-corrected chi connectivity index (χ0v) is 13.6. The van der Waals surface area contributed by atoms with Crippen LogP contribution in [0.15, 0.2) is 85.1 Å². The van der Waals surface area contributed by atoms with Gasteiger partial charge in [0.25, 0.3) is 0 Å². The van der Waals surface area contributed by atoms with Crippen LogP contribution in [0.3, 0.4) is 0 Å². The SMILES string of the molecule is ClP(Cl)(c1ccccc1)(c1ccccc1)c1ccccn1. The van der Waals surface area contributed by atoms with E-state index < -0.39 is 5.31 Å². The Labute approximate surface area is 134 Å². The summed E-state index contributed by atoms with van der Waals surface area (Å²) in [5, 5.41) is -1.74. The van der Waals surface area contributed by atoms with E-state index in [0.717, 1.165) is 10.6 Å². The van der Waals surface area contributed by atoms with Crippen molar-refractivity contribution in [2.45, 2.75) is 0 Å². The Morgan fingerprint density at radius 3 is 1.52 bits per heavy atom. The van der Waals surface area contributed by atoms with Gasteiger partial charge in [-0.15, -0.1) is 0 Å². The van der Waals surface area contributed by atoms with Crippen LogP contribution < -0.4 is 16.0 Å². The van der Waals surface area contributed by atoms with Gasteiger partial charge in [0.1, 0.15) is 0 Å². The second-order valence-electron chi connectivity index (χ2n) is 4.77. The summed E-state index contributed by atoms with van der Waals surface area (Å²) in [6.45, 7) is 0. The summed E-state index contributed by atoms with van der Waals surface area (Å²) < 4.78 is 0. The molecule has 1 nitrogen and oxygen atoms in total. The van der Waals surface area contributed by atoms with Crippen molar-refractivity contribution in [3.8, 4) is 0 Å². The fraction of sp³-hybridized carbons (Fsp3) is 0. The Hall–Kier alpha value is -1.40. The maximum atomic E-state index is 7.20. The topological polar surface area (TPSA) is 12.9 Å². The molecule has 4 heteroatoms. The molecule has 0 fully saturated rings. The van der Waals surface area contributed by atoms with Gasteiger partial charge in [-0.1, -0.05) is 0 Å². The van der Waals surface area contributed by atoms with Gasteiger partial charge in [-0.25, -0.2) is 0 Å². The summed E-state index contributed by atoms with van der Waals surface area (Å²) in [6, 6.07) is 25.3. The van der Waals surface area contributed by atoms with Gasteiger partial charge >= 0.3 is 134 Å². The Morgan fingerprint density at radius 1 is 0.619 bits per heavy atom. The summed E-state index contributed by atoms with van der Waals surface area (Å²) >= 11 is 14.4. The third kappa shape index (κ3) is 2.36. The van der Waals surface area contributed by atoms with Crippen molar-refractivity contribution in [2.24, 2.45) is 0 Å². The van der Waals surface area contributed by atoms with E-state index in [2.05, 4.69) is 4.98 Å². The van der Waals surface area contributed by atoms with Crippen LogP contribution in [0.5, 0.6) is 0 Å². The number of hydrogen-bond donors (Lipinski definition) is 0. The van der Waals surface area contributed by atoms with E-state index >= 15 is 0 Å². The number of aromatic nitrogens is 1. The molecule has 2 aromatic carbocycles. The quantitative estimate of drug-likeness (QED) is 0.654. The second-order valence-corrected chi connectivity index (χ2v) is 12.6.